The van der Waals surface area contributed by atoms with Gasteiger partial charge in [0.1, 0.15) is 6.61 Å². The Balaban J connectivity index is 2.29. The first-order valence-corrected chi connectivity index (χ1v) is 7.00. The van der Waals surface area contributed by atoms with Gasteiger partial charge >= 0.3 is 5.97 Å². The van der Waals surface area contributed by atoms with Gasteiger partial charge < -0.3 is 19.3 Å². The summed E-state index contributed by atoms with van der Waals surface area (Å²) in [6.07, 6.45) is 1.64. The second-order valence-electron chi connectivity index (χ2n) is 4.61. The molecule has 1 aliphatic heterocycles. The Labute approximate surface area is 128 Å². The van der Waals surface area contributed by atoms with E-state index in [1.54, 1.807) is 0 Å². The van der Waals surface area contributed by atoms with Crippen molar-refractivity contribution in [2.75, 3.05) is 26.9 Å². The Kier molecular flexibility index (Phi) is 7.72. The first-order chi connectivity index (χ1) is 10.5. The summed E-state index contributed by atoms with van der Waals surface area (Å²) < 4.78 is 15.3. The van der Waals surface area contributed by atoms with Crippen LogP contribution in [0.4, 0.5) is 0 Å². The van der Waals surface area contributed by atoms with E-state index < -0.39 is 30.2 Å². The van der Waals surface area contributed by atoms with Crippen molar-refractivity contribution in [1.82, 2.24) is 4.90 Å². The van der Waals surface area contributed by atoms with E-state index in [2.05, 4.69) is 0 Å². The van der Waals surface area contributed by atoms with E-state index in [0.717, 1.165) is 17.1 Å². The molecule has 124 valence electrons. The zero-order valence-corrected chi connectivity index (χ0v) is 12.7. The maximum absolute atomic E-state index is 11.6. The van der Waals surface area contributed by atoms with E-state index in [4.69, 9.17) is 19.3 Å². The highest BCUT2D eigenvalue weighted by molar-refractivity contribution is 6.12. The largest absolute Gasteiger partial charge is 0.463 e. The number of methoxy groups -OCH3 is 1. The molecular formula is C14H21NO7. The molecule has 0 aromatic carbocycles. The topological polar surface area (TPSA) is 102 Å². The van der Waals surface area contributed by atoms with Gasteiger partial charge in [0.15, 0.2) is 6.29 Å². The molecular weight excluding hydrogens is 294 g/mol. The van der Waals surface area contributed by atoms with E-state index in [1.165, 1.54) is 7.11 Å². The number of amides is 2. The lowest BCUT2D eigenvalue weighted by atomic mass is 10.3. The lowest BCUT2D eigenvalue weighted by Gasteiger charge is -2.21. The van der Waals surface area contributed by atoms with Gasteiger partial charge in [-0.1, -0.05) is 6.92 Å². The zero-order chi connectivity index (χ0) is 16.5. The highest BCUT2D eigenvalue weighted by Gasteiger charge is 2.24. The van der Waals surface area contributed by atoms with Crippen molar-refractivity contribution < 1.29 is 33.7 Å². The fourth-order valence-electron chi connectivity index (χ4n) is 1.75. The van der Waals surface area contributed by atoms with Gasteiger partial charge in [0.25, 0.3) is 11.8 Å². The smallest absolute Gasteiger partial charge is 0.307 e. The molecule has 2 unspecified atom stereocenters. The van der Waals surface area contributed by atoms with Crippen molar-refractivity contribution in [3.63, 3.8) is 0 Å². The molecule has 1 rings (SSSR count). The predicted octanol–water partition coefficient (Wildman–Crippen LogP) is -0.395. The average Bonchev–Trinajstić information content (AvgIpc) is 2.84. The standard InChI is InChI=1S/C14H21NO7/c1-3-10(22-14(8-16)20-2)9-21-13(19)6-7-15-11(17)4-5-12(15)18/h4-5,10,14,16H,3,6-9H2,1-2H3. The van der Waals surface area contributed by atoms with Crippen molar-refractivity contribution >= 4 is 17.8 Å². The summed E-state index contributed by atoms with van der Waals surface area (Å²) in [6, 6.07) is 0. The van der Waals surface area contributed by atoms with Crippen LogP contribution in [0.15, 0.2) is 12.2 Å². The minimum Gasteiger partial charge on any atom is -0.463 e. The Bertz CT molecular complexity index is 413. The Hall–Kier alpha value is -1.77. The van der Waals surface area contributed by atoms with Crippen LogP contribution in [-0.4, -0.2) is 67.1 Å². The van der Waals surface area contributed by atoms with Crippen molar-refractivity contribution in [3.8, 4) is 0 Å². The summed E-state index contributed by atoms with van der Waals surface area (Å²) in [5.74, 6) is -1.40. The number of hydrogen-bond acceptors (Lipinski definition) is 7. The second-order valence-corrected chi connectivity index (χ2v) is 4.61. The van der Waals surface area contributed by atoms with E-state index in [0.29, 0.717) is 6.42 Å². The lowest BCUT2D eigenvalue weighted by Crippen LogP contribution is -2.33. The minimum absolute atomic E-state index is 0.00926. The molecule has 1 N–H and O–H groups in total. The number of ether oxygens (including phenoxy) is 3. The molecule has 22 heavy (non-hydrogen) atoms. The maximum atomic E-state index is 11.6. The van der Waals surface area contributed by atoms with Crippen molar-refractivity contribution in [3.05, 3.63) is 12.2 Å². The van der Waals surface area contributed by atoms with Gasteiger partial charge in [-0.25, -0.2) is 0 Å². The molecule has 0 aliphatic carbocycles. The molecule has 0 saturated heterocycles. The van der Waals surface area contributed by atoms with Crippen LogP contribution in [-0.2, 0) is 28.6 Å². The molecule has 8 nitrogen and oxygen atoms in total. The van der Waals surface area contributed by atoms with Crippen LogP contribution >= 0.6 is 0 Å². The van der Waals surface area contributed by atoms with Crippen LogP contribution in [0.25, 0.3) is 0 Å². The fourth-order valence-corrected chi connectivity index (χ4v) is 1.75. The molecule has 0 fully saturated rings. The van der Waals surface area contributed by atoms with Crippen LogP contribution in [0.1, 0.15) is 19.8 Å². The highest BCUT2D eigenvalue weighted by atomic mass is 16.7. The van der Waals surface area contributed by atoms with E-state index in [1.807, 2.05) is 6.92 Å². The number of aliphatic hydroxyl groups excluding tert-OH is 1. The predicted molar refractivity (Wildman–Crippen MR) is 74.5 cm³/mol. The number of aliphatic hydroxyl groups is 1. The molecule has 8 heteroatoms. The number of carbonyl (C=O) groups is 3. The number of carbonyl (C=O) groups excluding carboxylic acids is 3. The van der Waals surface area contributed by atoms with Gasteiger partial charge in [0.05, 0.1) is 19.1 Å². The molecule has 0 aromatic rings. The van der Waals surface area contributed by atoms with Gasteiger partial charge in [-0.15, -0.1) is 0 Å². The summed E-state index contributed by atoms with van der Waals surface area (Å²) in [6.45, 7) is 1.54. The van der Waals surface area contributed by atoms with Crippen molar-refractivity contribution in [2.24, 2.45) is 0 Å². The van der Waals surface area contributed by atoms with Gasteiger partial charge in [0.2, 0.25) is 0 Å². The number of hydrogen-bond donors (Lipinski definition) is 1. The van der Waals surface area contributed by atoms with E-state index in [-0.39, 0.29) is 26.2 Å². The van der Waals surface area contributed by atoms with Crippen LogP contribution < -0.4 is 0 Å². The molecule has 0 bridgehead atoms. The molecule has 0 radical (unpaired) electrons. The lowest BCUT2D eigenvalue weighted by molar-refractivity contribution is -0.188. The van der Waals surface area contributed by atoms with Gasteiger partial charge in [0, 0.05) is 25.8 Å². The molecule has 0 aromatic heterocycles. The molecule has 0 spiro atoms. The number of nitrogens with zero attached hydrogens (tertiary/aromatic N) is 1. The fraction of sp³-hybridized carbons (Fsp3) is 0.643. The Morgan fingerprint density at radius 2 is 1.95 bits per heavy atom. The quantitative estimate of drug-likeness (QED) is 0.332. The van der Waals surface area contributed by atoms with Crippen LogP contribution in [0.5, 0.6) is 0 Å². The molecule has 2 amide bonds. The SMILES string of the molecule is CCC(COC(=O)CCN1C(=O)C=CC1=O)OC(CO)OC. The first kappa shape index (κ1) is 18.3. The Morgan fingerprint density at radius 3 is 2.45 bits per heavy atom. The summed E-state index contributed by atoms with van der Waals surface area (Å²) in [5, 5.41) is 8.97. The summed E-state index contributed by atoms with van der Waals surface area (Å²) in [4.78, 5) is 35.2. The molecule has 0 saturated carbocycles. The van der Waals surface area contributed by atoms with Gasteiger partial charge in [-0.3, -0.25) is 19.3 Å². The molecule has 1 heterocycles. The van der Waals surface area contributed by atoms with Crippen molar-refractivity contribution in [2.45, 2.75) is 32.2 Å². The molecule has 2 atom stereocenters. The average molecular weight is 315 g/mol. The highest BCUT2D eigenvalue weighted by Crippen LogP contribution is 2.07. The van der Waals surface area contributed by atoms with Gasteiger partial charge in [-0.05, 0) is 6.42 Å². The van der Waals surface area contributed by atoms with E-state index >= 15 is 0 Å². The second kappa shape index (κ2) is 9.29. The number of esters is 1. The molecule has 1 aliphatic rings. The van der Waals surface area contributed by atoms with Crippen molar-refractivity contribution in [1.29, 1.82) is 0 Å². The first-order valence-electron chi connectivity index (χ1n) is 7.00. The Morgan fingerprint density at radius 1 is 1.32 bits per heavy atom. The van der Waals surface area contributed by atoms with Gasteiger partial charge in [-0.2, -0.15) is 0 Å². The van der Waals surface area contributed by atoms with Crippen LogP contribution in [0, 0.1) is 0 Å². The number of imide groups is 1. The third-order valence-corrected chi connectivity index (χ3v) is 3.08. The third kappa shape index (κ3) is 5.55. The number of rotatable bonds is 10. The normalized spacial score (nSPS) is 17.0. The summed E-state index contributed by atoms with van der Waals surface area (Å²) in [5.41, 5.74) is 0. The van der Waals surface area contributed by atoms with E-state index in [9.17, 15) is 14.4 Å². The maximum Gasteiger partial charge on any atom is 0.307 e. The third-order valence-electron chi connectivity index (χ3n) is 3.08. The van der Waals surface area contributed by atoms with Crippen LogP contribution in [0.2, 0.25) is 0 Å². The van der Waals surface area contributed by atoms with Crippen LogP contribution in [0.3, 0.4) is 0 Å². The monoisotopic (exact) mass is 315 g/mol. The summed E-state index contributed by atoms with van der Waals surface area (Å²) >= 11 is 0. The zero-order valence-electron chi connectivity index (χ0n) is 12.7. The minimum atomic E-state index is -0.769. The summed E-state index contributed by atoms with van der Waals surface area (Å²) in [7, 11) is 1.40.